The van der Waals surface area contributed by atoms with E-state index in [1.807, 2.05) is 18.2 Å². The van der Waals surface area contributed by atoms with Gasteiger partial charge in [-0.3, -0.25) is 14.4 Å². The number of carbonyl (C=O) groups is 3. The van der Waals surface area contributed by atoms with E-state index < -0.39 is 6.04 Å². The molecule has 2 aromatic carbocycles. The number of hydrogen-bond donors (Lipinski definition) is 0. The molecular weight excluding hydrogens is 494 g/mol. The average Bonchev–Trinajstić information content (AvgIpc) is 3.43. The van der Waals surface area contributed by atoms with Crippen molar-refractivity contribution in [3.05, 3.63) is 64.0 Å². The number of unbranched alkanes of at least 4 members (excludes halogenated alkanes) is 1. The zero-order chi connectivity index (χ0) is 26.6. The van der Waals surface area contributed by atoms with E-state index in [2.05, 4.69) is 38.1 Å². The number of amides is 1. The Labute approximate surface area is 229 Å². The standard InChI is InChI=1S/C32H37NO4S/c1-3-5-7-21(4-2)16-22-10-11-23-18-25(38-31(23)17-22)20-37-30-9-6-8-26-27(30)19-33(32(26)36)28-14-12-24(34)13-15-29(28)35/h6,8-11,17-18,21,28H,3-5,7,12-16,19-20H2,1-2H3. The third-order valence-corrected chi connectivity index (χ3v) is 9.19. The highest BCUT2D eigenvalue weighted by molar-refractivity contribution is 7.19. The van der Waals surface area contributed by atoms with Gasteiger partial charge >= 0.3 is 0 Å². The molecule has 1 fully saturated rings. The fraction of sp³-hybridized carbons (Fsp3) is 0.469. The summed E-state index contributed by atoms with van der Waals surface area (Å²) in [5, 5.41) is 1.24. The van der Waals surface area contributed by atoms with Crippen molar-refractivity contribution < 1.29 is 19.1 Å². The molecule has 0 N–H and O–H groups in total. The van der Waals surface area contributed by atoms with Crippen molar-refractivity contribution in [2.24, 2.45) is 5.92 Å². The number of fused-ring (bicyclic) bond motifs is 2. The second-order valence-electron chi connectivity index (χ2n) is 10.8. The molecule has 0 spiro atoms. The third-order valence-electron chi connectivity index (χ3n) is 8.12. The molecule has 1 aliphatic carbocycles. The fourth-order valence-electron chi connectivity index (χ4n) is 5.81. The van der Waals surface area contributed by atoms with Crippen LogP contribution >= 0.6 is 11.3 Å². The minimum Gasteiger partial charge on any atom is -0.488 e. The summed E-state index contributed by atoms with van der Waals surface area (Å²) in [6.45, 7) is 5.33. The molecule has 5 nitrogen and oxygen atoms in total. The van der Waals surface area contributed by atoms with Crippen molar-refractivity contribution in [2.75, 3.05) is 0 Å². The molecule has 1 amide bonds. The van der Waals surface area contributed by atoms with Crippen LogP contribution in [0.3, 0.4) is 0 Å². The van der Waals surface area contributed by atoms with Gasteiger partial charge in [-0.2, -0.15) is 0 Å². The number of thiophene rings is 1. The molecule has 3 aromatic rings. The van der Waals surface area contributed by atoms with Crippen LogP contribution in [0.2, 0.25) is 0 Å². The monoisotopic (exact) mass is 531 g/mol. The number of rotatable bonds is 10. The second kappa shape index (κ2) is 11.8. The molecule has 1 aromatic heterocycles. The highest BCUT2D eigenvalue weighted by Crippen LogP contribution is 2.35. The summed E-state index contributed by atoms with van der Waals surface area (Å²) in [5.74, 6) is 1.38. The summed E-state index contributed by atoms with van der Waals surface area (Å²) in [7, 11) is 0. The van der Waals surface area contributed by atoms with E-state index in [1.54, 1.807) is 16.2 Å². The van der Waals surface area contributed by atoms with Gasteiger partial charge in [0.2, 0.25) is 0 Å². The van der Waals surface area contributed by atoms with Crippen molar-refractivity contribution in [1.29, 1.82) is 0 Å². The molecule has 0 saturated heterocycles. The van der Waals surface area contributed by atoms with Crippen molar-refractivity contribution in [2.45, 2.75) is 90.8 Å². The largest absolute Gasteiger partial charge is 0.488 e. The highest BCUT2D eigenvalue weighted by Gasteiger charge is 2.38. The molecule has 1 saturated carbocycles. The third kappa shape index (κ3) is 5.70. The lowest BCUT2D eigenvalue weighted by Gasteiger charge is -2.25. The average molecular weight is 532 g/mol. The normalized spacial score (nSPS) is 18.6. The van der Waals surface area contributed by atoms with Crippen LogP contribution in [0.25, 0.3) is 10.1 Å². The van der Waals surface area contributed by atoms with Crippen molar-refractivity contribution >= 4 is 38.9 Å². The molecule has 2 aliphatic rings. The smallest absolute Gasteiger partial charge is 0.255 e. The van der Waals surface area contributed by atoms with Crippen LogP contribution in [0.5, 0.6) is 5.75 Å². The van der Waals surface area contributed by atoms with Gasteiger partial charge in [0.05, 0.1) is 12.6 Å². The van der Waals surface area contributed by atoms with Gasteiger partial charge in [-0.15, -0.1) is 11.3 Å². The minimum atomic E-state index is -0.528. The SMILES string of the molecule is CCCCC(CC)Cc1ccc2cc(COc3cccc4c3CN(C3CCC(=O)CCC3=O)C4=O)sc2c1. The quantitative estimate of drug-likeness (QED) is 0.258. The lowest BCUT2D eigenvalue weighted by atomic mass is 9.92. The molecular formula is C32H37NO4S. The van der Waals surface area contributed by atoms with Crippen LogP contribution in [-0.4, -0.2) is 28.4 Å². The van der Waals surface area contributed by atoms with Crippen LogP contribution in [0.15, 0.2) is 42.5 Å². The summed E-state index contributed by atoms with van der Waals surface area (Å²) in [5.41, 5.74) is 2.84. The zero-order valence-electron chi connectivity index (χ0n) is 22.5. The van der Waals surface area contributed by atoms with Crippen molar-refractivity contribution in [3.8, 4) is 5.75 Å². The first-order chi connectivity index (χ1) is 18.5. The number of benzene rings is 2. The molecule has 0 bridgehead atoms. The van der Waals surface area contributed by atoms with Gasteiger partial charge in [0.1, 0.15) is 18.1 Å². The van der Waals surface area contributed by atoms with Gasteiger partial charge in [-0.05, 0) is 54.0 Å². The Hall–Kier alpha value is -2.99. The van der Waals surface area contributed by atoms with Gasteiger partial charge in [0.25, 0.3) is 5.91 Å². The van der Waals surface area contributed by atoms with E-state index in [0.717, 1.165) is 22.8 Å². The first-order valence-corrected chi connectivity index (χ1v) is 14.9. The Balaban J connectivity index is 1.27. The van der Waals surface area contributed by atoms with E-state index in [1.165, 1.54) is 41.3 Å². The summed E-state index contributed by atoms with van der Waals surface area (Å²) in [6.07, 6.45) is 7.46. The maximum atomic E-state index is 13.2. The van der Waals surface area contributed by atoms with Gasteiger partial charge in [-0.1, -0.05) is 57.7 Å². The first kappa shape index (κ1) is 26.6. The number of nitrogens with zero attached hydrogens (tertiary/aromatic N) is 1. The molecule has 0 radical (unpaired) electrons. The number of carbonyl (C=O) groups excluding carboxylic acids is 3. The number of ketones is 2. The molecule has 2 unspecified atom stereocenters. The predicted octanol–water partition coefficient (Wildman–Crippen LogP) is 7.28. The zero-order valence-corrected chi connectivity index (χ0v) is 23.3. The number of ether oxygens (including phenoxy) is 1. The van der Waals surface area contributed by atoms with E-state index in [0.29, 0.717) is 37.3 Å². The highest BCUT2D eigenvalue weighted by atomic mass is 32.1. The van der Waals surface area contributed by atoms with Crippen LogP contribution in [-0.2, 0) is 29.2 Å². The number of hydrogen-bond acceptors (Lipinski definition) is 5. The van der Waals surface area contributed by atoms with E-state index in [9.17, 15) is 14.4 Å². The van der Waals surface area contributed by atoms with Gasteiger partial charge in [-0.25, -0.2) is 0 Å². The van der Waals surface area contributed by atoms with Crippen molar-refractivity contribution in [3.63, 3.8) is 0 Å². The summed E-state index contributed by atoms with van der Waals surface area (Å²) in [4.78, 5) is 40.6. The molecule has 5 rings (SSSR count). The topological polar surface area (TPSA) is 63.7 Å². The number of Topliss-reactive ketones (excluding diaryl/α,β-unsaturated/α-hetero) is 2. The minimum absolute atomic E-state index is 0.0141. The lowest BCUT2D eigenvalue weighted by molar-refractivity contribution is -0.124. The van der Waals surface area contributed by atoms with Crippen LogP contribution in [0, 0.1) is 5.92 Å². The summed E-state index contributed by atoms with van der Waals surface area (Å²) in [6, 6.07) is 14.0. The van der Waals surface area contributed by atoms with Crippen LogP contribution in [0.4, 0.5) is 0 Å². The lowest BCUT2D eigenvalue weighted by Crippen LogP contribution is -2.40. The molecule has 200 valence electrons. The van der Waals surface area contributed by atoms with Crippen LogP contribution in [0.1, 0.15) is 91.6 Å². The maximum absolute atomic E-state index is 13.2. The molecule has 2 heterocycles. The predicted molar refractivity (Wildman–Crippen MR) is 152 cm³/mol. The first-order valence-electron chi connectivity index (χ1n) is 14.1. The summed E-state index contributed by atoms with van der Waals surface area (Å²) >= 11 is 1.76. The Morgan fingerprint density at radius 2 is 1.92 bits per heavy atom. The molecule has 6 heteroatoms. The van der Waals surface area contributed by atoms with Crippen LogP contribution < -0.4 is 4.74 Å². The van der Waals surface area contributed by atoms with Gasteiger partial charge in [0.15, 0.2) is 5.78 Å². The molecule has 38 heavy (non-hydrogen) atoms. The maximum Gasteiger partial charge on any atom is 0.255 e. The van der Waals surface area contributed by atoms with Gasteiger partial charge < -0.3 is 9.64 Å². The summed E-state index contributed by atoms with van der Waals surface area (Å²) < 4.78 is 7.55. The fourth-order valence-corrected chi connectivity index (χ4v) is 6.85. The van der Waals surface area contributed by atoms with E-state index in [4.69, 9.17) is 4.74 Å². The van der Waals surface area contributed by atoms with E-state index in [-0.39, 0.29) is 30.3 Å². The Kier molecular flexibility index (Phi) is 8.27. The van der Waals surface area contributed by atoms with Crippen molar-refractivity contribution in [1.82, 2.24) is 4.90 Å². The Morgan fingerprint density at radius 3 is 2.74 bits per heavy atom. The van der Waals surface area contributed by atoms with Gasteiger partial charge in [0, 0.05) is 40.0 Å². The molecule has 2 atom stereocenters. The van der Waals surface area contributed by atoms with E-state index >= 15 is 0 Å². The molecule has 1 aliphatic heterocycles. The Bertz CT molecular complexity index is 1340. The Morgan fingerprint density at radius 1 is 1.05 bits per heavy atom. The second-order valence-corrected chi connectivity index (χ2v) is 11.9.